The molecule has 0 saturated carbocycles. The monoisotopic (exact) mass is 266 g/mol. The second kappa shape index (κ2) is 5.13. The average molecular weight is 266 g/mol. The zero-order valence-electron chi connectivity index (χ0n) is 11.1. The molecule has 3 aromatic rings. The number of aryl methyl sites for hydroxylation is 1. The van der Waals surface area contributed by atoms with E-state index in [4.69, 9.17) is 0 Å². The Bertz CT molecular complexity index is 763. The Morgan fingerprint density at radius 2 is 2.05 bits per heavy atom. The minimum atomic E-state index is -0.278. The molecule has 1 aromatic heterocycles. The predicted octanol–water partition coefficient (Wildman–Crippen LogP) is 2.50. The van der Waals surface area contributed by atoms with Crippen LogP contribution in [0.25, 0.3) is 11.0 Å². The number of carbonyl (C=O) groups is 1. The van der Waals surface area contributed by atoms with Crippen molar-refractivity contribution in [2.45, 2.75) is 13.5 Å². The van der Waals surface area contributed by atoms with E-state index in [1.54, 1.807) is 0 Å². The molecular weight excluding hydrogens is 252 g/mol. The summed E-state index contributed by atoms with van der Waals surface area (Å²) in [6.07, 6.45) is 0. The molecular formula is C15H14N4O. The fourth-order valence-corrected chi connectivity index (χ4v) is 2.09. The Hall–Kier alpha value is -2.69. The first-order chi connectivity index (χ1) is 9.74. The third-order valence-corrected chi connectivity index (χ3v) is 3.07. The van der Waals surface area contributed by atoms with Crippen molar-refractivity contribution in [3.63, 3.8) is 0 Å². The van der Waals surface area contributed by atoms with Gasteiger partial charge in [-0.2, -0.15) is 4.68 Å². The van der Waals surface area contributed by atoms with E-state index in [1.807, 2.05) is 55.5 Å². The maximum atomic E-state index is 12.1. The molecule has 2 aromatic carbocycles. The minimum Gasteiger partial charge on any atom is -0.332 e. The number of hydrogen-bond acceptors (Lipinski definition) is 3. The molecule has 5 nitrogen and oxygen atoms in total. The predicted molar refractivity (Wildman–Crippen MR) is 76.3 cm³/mol. The van der Waals surface area contributed by atoms with Crippen molar-refractivity contribution in [1.29, 1.82) is 0 Å². The van der Waals surface area contributed by atoms with E-state index < -0.39 is 0 Å². The molecule has 0 aliphatic rings. The van der Waals surface area contributed by atoms with E-state index in [1.165, 1.54) is 10.2 Å². The van der Waals surface area contributed by atoms with Crippen molar-refractivity contribution >= 4 is 17.1 Å². The average Bonchev–Trinajstić information content (AvgIpc) is 2.89. The van der Waals surface area contributed by atoms with Crippen molar-refractivity contribution in [3.05, 3.63) is 59.7 Å². The summed E-state index contributed by atoms with van der Waals surface area (Å²) >= 11 is 0. The van der Waals surface area contributed by atoms with Crippen molar-refractivity contribution in [2.75, 3.05) is 0 Å². The molecule has 0 fully saturated rings. The van der Waals surface area contributed by atoms with E-state index in [2.05, 4.69) is 15.6 Å². The van der Waals surface area contributed by atoms with Crippen LogP contribution in [0.4, 0.5) is 4.79 Å². The lowest BCUT2D eigenvalue weighted by Crippen LogP contribution is -2.28. The second-order valence-corrected chi connectivity index (χ2v) is 4.64. The third-order valence-electron chi connectivity index (χ3n) is 3.07. The Morgan fingerprint density at radius 1 is 1.20 bits per heavy atom. The van der Waals surface area contributed by atoms with Gasteiger partial charge in [0, 0.05) is 6.54 Å². The van der Waals surface area contributed by atoms with Gasteiger partial charge in [0.25, 0.3) is 0 Å². The summed E-state index contributed by atoms with van der Waals surface area (Å²) < 4.78 is 1.28. The normalized spacial score (nSPS) is 10.7. The number of carbonyl (C=O) groups excluding carboxylic acids is 1. The molecule has 1 heterocycles. The highest BCUT2D eigenvalue weighted by molar-refractivity contribution is 5.87. The van der Waals surface area contributed by atoms with Gasteiger partial charge in [0.05, 0.1) is 5.52 Å². The van der Waals surface area contributed by atoms with Gasteiger partial charge in [-0.05, 0) is 24.6 Å². The van der Waals surface area contributed by atoms with Gasteiger partial charge in [-0.1, -0.05) is 47.2 Å². The first-order valence-corrected chi connectivity index (χ1v) is 6.38. The smallest absolute Gasteiger partial charge is 0.332 e. The van der Waals surface area contributed by atoms with E-state index in [0.29, 0.717) is 17.6 Å². The summed E-state index contributed by atoms with van der Waals surface area (Å²) in [4.78, 5) is 12.1. The molecule has 0 atom stereocenters. The number of fused-ring (bicyclic) bond motifs is 1. The van der Waals surface area contributed by atoms with Gasteiger partial charge < -0.3 is 5.32 Å². The molecule has 0 aliphatic carbocycles. The van der Waals surface area contributed by atoms with Crippen LogP contribution in [0.1, 0.15) is 11.1 Å². The van der Waals surface area contributed by atoms with Gasteiger partial charge in [0.1, 0.15) is 5.52 Å². The van der Waals surface area contributed by atoms with Gasteiger partial charge in [0.15, 0.2) is 0 Å². The first kappa shape index (κ1) is 12.3. The van der Waals surface area contributed by atoms with Gasteiger partial charge in [-0.25, -0.2) is 4.79 Å². The van der Waals surface area contributed by atoms with E-state index in [-0.39, 0.29) is 6.03 Å². The van der Waals surface area contributed by atoms with Gasteiger partial charge in [-0.15, -0.1) is 5.10 Å². The maximum absolute atomic E-state index is 12.1. The zero-order chi connectivity index (χ0) is 13.9. The molecule has 0 spiro atoms. The summed E-state index contributed by atoms with van der Waals surface area (Å²) in [6, 6.07) is 15.1. The van der Waals surface area contributed by atoms with E-state index in [0.717, 1.165) is 5.56 Å². The van der Waals surface area contributed by atoms with Gasteiger partial charge in [0.2, 0.25) is 0 Å². The fraction of sp³-hybridized carbons (Fsp3) is 0.133. The molecule has 1 N–H and O–H groups in total. The molecule has 0 aliphatic heterocycles. The summed E-state index contributed by atoms with van der Waals surface area (Å²) in [5.74, 6) is 0. The summed E-state index contributed by atoms with van der Waals surface area (Å²) in [7, 11) is 0. The number of para-hydroxylation sites is 1. The fourth-order valence-electron chi connectivity index (χ4n) is 2.09. The van der Waals surface area contributed by atoms with Gasteiger partial charge >= 0.3 is 6.03 Å². The molecule has 100 valence electrons. The van der Waals surface area contributed by atoms with Crippen LogP contribution < -0.4 is 5.32 Å². The largest absolute Gasteiger partial charge is 0.344 e. The molecule has 0 unspecified atom stereocenters. The topological polar surface area (TPSA) is 59.8 Å². The number of rotatable bonds is 2. The zero-order valence-corrected chi connectivity index (χ0v) is 11.1. The number of hydrogen-bond donors (Lipinski definition) is 1. The van der Waals surface area contributed by atoms with Crippen LogP contribution in [0, 0.1) is 6.92 Å². The summed E-state index contributed by atoms with van der Waals surface area (Å²) in [6.45, 7) is 2.49. The lowest BCUT2D eigenvalue weighted by molar-refractivity contribution is 0.239. The third kappa shape index (κ3) is 2.38. The Kier molecular flexibility index (Phi) is 3.16. The summed E-state index contributed by atoms with van der Waals surface area (Å²) in [5.41, 5.74) is 3.64. The molecule has 0 bridgehead atoms. The number of aromatic nitrogens is 3. The lowest BCUT2D eigenvalue weighted by Gasteiger charge is -2.06. The molecule has 1 amide bonds. The molecule has 0 radical (unpaired) electrons. The SMILES string of the molecule is Cc1cccc(CNC(=O)n2nnc3ccccc32)c1. The standard InChI is InChI=1S/C15H14N4O/c1-11-5-4-6-12(9-11)10-16-15(20)19-14-8-3-2-7-13(14)17-18-19/h2-9H,10H2,1H3,(H,16,20). The van der Waals surface area contributed by atoms with Crippen molar-refractivity contribution in [1.82, 2.24) is 20.3 Å². The van der Waals surface area contributed by atoms with Crippen LogP contribution in [0.2, 0.25) is 0 Å². The molecule has 5 heteroatoms. The van der Waals surface area contributed by atoms with Crippen molar-refractivity contribution in [3.8, 4) is 0 Å². The highest BCUT2D eigenvalue weighted by atomic mass is 16.2. The summed E-state index contributed by atoms with van der Waals surface area (Å²) in [5, 5.41) is 10.7. The Labute approximate surface area is 116 Å². The van der Waals surface area contributed by atoms with E-state index >= 15 is 0 Å². The van der Waals surface area contributed by atoms with Crippen LogP contribution in [0.3, 0.4) is 0 Å². The number of nitrogens with zero attached hydrogens (tertiary/aromatic N) is 3. The highest BCUT2D eigenvalue weighted by Crippen LogP contribution is 2.09. The number of nitrogens with one attached hydrogen (secondary N) is 1. The second-order valence-electron chi connectivity index (χ2n) is 4.64. The van der Waals surface area contributed by atoms with Crippen molar-refractivity contribution < 1.29 is 4.79 Å². The Balaban J connectivity index is 1.76. The first-order valence-electron chi connectivity index (χ1n) is 6.38. The van der Waals surface area contributed by atoms with Crippen LogP contribution in [0.15, 0.2) is 48.5 Å². The number of benzene rings is 2. The van der Waals surface area contributed by atoms with Crippen LogP contribution >= 0.6 is 0 Å². The molecule has 0 saturated heterocycles. The van der Waals surface area contributed by atoms with Crippen molar-refractivity contribution in [2.24, 2.45) is 0 Å². The van der Waals surface area contributed by atoms with E-state index in [9.17, 15) is 4.79 Å². The minimum absolute atomic E-state index is 0.278. The van der Waals surface area contributed by atoms with Crippen LogP contribution in [-0.2, 0) is 6.54 Å². The Morgan fingerprint density at radius 3 is 2.90 bits per heavy atom. The molecule has 3 rings (SSSR count). The number of amides is 1. The van der Waals surface area contributed by atoms with Crippen LogP contribution in [-0.4, -0.2) is 21.0 Å². The molecule has 20 heavy (non-hydrogen) atoms. The van der Waals surface area contributed by atoms with Crippen LogP contribution in [0.5, 0.6) is 0 Å². The quantitative estimate of drug-likeness (QED) is 0.775. The lowest BCUT2D eigenvalue weighted by atomic mass is 10.1. The maximum Gasteiger partial charge on any atom is 0.344 e. The van der Waals surface area contributed by atoms with Gasteiger partial charge in [-0.3, -0.25) is 0 Å². The highest BCUT2D eigenvalue weighted by Gasteiger charge is 2.10.